The first-order valence-electron chi connectivity index (χ1n) is 6.38. The molecule has 1 aromatic rings. The molecule has 0 aromatic heterocycles. The quantitative estimate of drug-likeness (QED) is 0.848. The van der Waals surface area contributed by atoms with Crippen LogP contribution < -0.4 is 10.5 Å². The van der Waals surface area contributed by atoms with Gasteiger partial charge in [0.15, 0.2) is 0 Å². The molecule has 100 valence electrons. The van der Waals surface area contributed by atoms with Gasteiger partial charge in [-0.05, 0) is 37.0 Å². The molecule has 0 radical (unpaired) electrons. The summed E-state index contributed by atoms with van der Waals surface area (Å²) in [6.45, 7) is 2.10. The molecular formula is C13H20N2O2S. The fraction of sp³-hybridized carbons (Fsp3) is 0.538. The predicted octanol–water partition coefficient (Wildman–Crippen LogP) is 1.41. The zero-order chi connectivity index (χ0) is 13.2. The van der Waals surface area contributed by atoms with Gasteiger partial charge in [0.25, 0.3) is 0 Å². The molecule has 1 saturated carbocycles. The van der Waals surface area contributed by atoms with E-state index in [9.17, 15) is 8.42 Å². The Morgan fingerprint density at radius 3 is 2.39 bits per heavy atom. The van der Waals surface area contributed by atoms with Gasteiger partial charge in [-0.25, -0.2) is 13.1 Å². The molecule has 0 amide bonds. The normalized spacial score (nSPS) is 23.7. The van der Waals surface area contributed by atoms with Crippen LogP contribution in [0.3, 0.4) is 0 Å². The molecule has 0 unspecified atom stereocenters. The van der Waals surface area contributed by atoms with Gasteiger partial charge < -0.3 is 5.73 Å². The minimum absolute atomic E-state index is 0.000295. The Balaban J connectivity index is 2.04. The third kappa shape index (κ3) is 3.10. The predicted molar refractivity (Wildman–Crippen MR) is 71.8 cm³/mol. The van der Waals surface area contributed by atoms with E-state index in [-0.39, 0.29) is 12.1 Å². The van der Waals surface area contributed by atoms with Crippen LogP contribution in [-0.4, -0.2) is 20.5 Å². The van der Waals surface area contributed by atoms with Gasteiger partial charge in [-0.15, -0.1) is 0 Å². The number of hydrogen-bond acceptors (Lipinski definition) is 3. The summed E-state index contributed by atoms with van der Waals surface area (Å²) in [6, 6.07) is 7.25. The molecule has 0 spiro atoms. The Bertz CT molecular complexity index is 490. The highest BCUT2D eigenvalue weighted by atomic mass is 32.2. The van der Waals surface area contributed by atoms with Gasteiger partial charge in [-0.2, -0.15) is 0 Å². The van der Waals surface area contributed by atoms with Gasteiger partial charge in [0.2, 0.25) is 10.0 Å². The SMILES string of the molecule is CCCc1ccc(S(=O)(=O)NC2CC(N)C2)cc1. The summed E-state index contributed by atoms with van der Waals surface area (Å²) in [5, 5.41) is 0. The number of rotatable bonds is 5. The molecule has 3 N–H and O–H groups in total. The van der Waals surface area contributed by atoms with Crippen molar-refractivity contribution in [1.29, 1.82) is 0 Å². The Hall–Kier alpha value is -0.910. The van der Waals surface area contributed by atoms with E-state index >= 15 is 0 Å². The van der Waals surface area contributed by atoms with Crippen LogP contribution in [0, 0.1) is 0 Å². The van der Waals surface area contributed by atoms with Gasteiger partial charge in [0.05, 0.1) is 4.90 Å². The highest BCUT2D eigenvalue weighted by molar-refractivity contribution is 7.89. The van der Waals surface area contributed by atoms with E-state index in [1.165, 1.54) is 5.56 Å². The number of nitrogens with two attached hydrogens (primary N) is 1. The third-order valence-electron chi connectivity index (χ3n) is 3.27. The molecule has 4 nitrogen and oxygen atoms in total. The smallest absolute Gasteiger partial charge is 0.240 e. The van der Waals surface area contributed by atoms with Crippen LogP contribution in [-0.2, 0) is 16.4 Å². The van der Waals surface area contributed by atoms with Crippen molar-refractivity contribution >= 4 is 10.0 Å². The zero-order valence-electron chi connectivity index (χ0n) is 10.6. The van der Waals surface area contributed by atoms with Gasteiger partial charge in [-0.3, -0.25) is 0 Å². The topological polar surface area (TPSA) is 72.2 Å². The van der Waals surface area contributed by atoms with Crippen LogP contribution in [0.25, 0.3) is 0 Å². The first-order valence-corrected chi connectivity index (χ1v) is 7.86. The first-order chi connectivity index (χ1) is 8.51. The lowest BCUT2D eigenvalue weighted by Crippen LogP contribution is -2.50. The minimum Gasteiger partial charge on any atom is -0.328 e. The van der Waals surface area contributed by atoms with E-state index in [0.29, 0.717) is 4.90 Å². The lowest BCUT2D eigenvalue weighted by atomic mass is 9.89. The molecule has 0 aliphatic heterocycles. The molecule has 1 aromatic carbocycles. The lowest BCUT2D eigenvalue weighted by molar-refractivity contribution is 0.327. The molecule has 0 bridgehead atoms. The number of benzene rings is 1. The van der Waals surface area contributed by atoms with Crippen molar-refractivity contribution in [2.45, 2.75) is 49.6 Å². The average molecular weight is 268 g/mol. The fourth-order valence-corrected chi connectivity index (χ4v) is 3.43. The Morgan fingerprint density at radius 1 is 1.28 bits per heavy atom. The minimum atomic E-state index is -3.38. The average Bonchev–Trinajstić information content (AvgIpc) is 2.28. The van der Waals surface area contributed by atoms with Crippen molar-refractivity contribution in [2.75, 3.05) is 0 Å². The maximum absolute atomic E-state index is 12.1. The Morgan fingerprint density at radius 2 is 1.89 bits per heavy atom. The largest absolute Gasteiger partial charge is 0.328 e. The van der Waals surface area contributed by atoms with Crippen LogP contribution in [0.4, 0.5) is 0 Å². The van der Waals surface area contributed by atoms with E-state index < -0.39 is 10.0 Å². The number of hydrogen-bond donors (Lipinski definition) is 2. The van der Waals surface area contributed by atoms with Crippen molar-refractivity contribution in [1.82, 2.24) is 4.72 Å². The van der Waals surface area contributed by atoms with E-state index in [2.05, 4.69) is 11.6 Å². The number of aryl methyl sites for hydroxylation is 1. The summed E-state index contributed by atoms with van der Waals surface area (Å²) in [6.07, 6.45) is 3.50. The van der Waals surface area contributed by atoms with Crippen molar-refractivity contribution < 1.29 is 8.42 Å². The summed E-state index contributed by atoms with van der Waals surface area (Å²) < 4.78 is 26.8. The van der Waals surface area contributed by atoms with E-state index in [1.54, 1.807) is 12.1 Å². The van der Waals surface area contributed by atoms with Gasteiger partial charge in [0.1, 0.15) is 0 Å². The summed E-state index contributed by atoms with van der Waals surface area (Å²) in [7, 11) is -3.38. The van der Waals surface area contributed by atoms with Crippen molar-refractivity contribution in [3.8, 4) is 0 Å². The second-order valence-corrected chi connectivity index (χ2v) is 6.66. The van der Waals surface area contributed by atoms with Crippen LogP contribution in [0.5, 0.6) is 0 Å². The summed E-state index contributed by atoms with van der Waals surface area (Å²) in [4.78, 5) is 0.336. The summed E-state index contributed by atoms with van der Waals surface area (Å²) in [5.74, 6) is 0. The standard InChI is InChI=1S/C13H20N2O2S/c1-2-3-10-4-6-13(7-5-10)18(16,17)15-12-8-11(14)9-12/h4-7,11-12,15H,2-3,8-9,14H2,1H3. The molecule has 1 fully saturated rings. The monoisotopic (exact) mass is 268 g/mol. The second kappa shape index (κ2) is 5.38. The second-order valence-electron chi connectivity index (χ2n) is 4.94. The molecular weight excluding hydrogens is 248 g/mol. The molecule has 5 heteroatoms. The van der Waals surface area contributed by atoms with Crippen LogP contribution >= 0.6 is 0 Å². The van der Waals surface area contributed by atoms with E-state index in [1.807, 2.05) is 12.1 Å². The molecule has 0 saturated heterocycles. The van der Waals surface area contributed by atoms with Gasteiger partial charge in [-0.1, -0.05) is 25.5 Å². The van der Waals surface area contributed by atoms with Gasteiger partial charge in [0, 0.05) is 12.1 Å². The maximum atomic E-state index is 12.1. The molecule has 0 heterocycles. The highest BCUT2D eigenvalue weighted by Crippen LogP contribution is 2.20. The molecule has 18 heavy (non-hydrogen) atoms. The third-order valence-corrected chi connectivity index (χ3v) is 4.81. The number of sulfonamides is 1. The highest BCUT2D eigenvalue weighted by Gasteiger charge is 2.30. The van der Waals surface area contributed by atoms with E-state index in [4.69, 9.17) is 5.73 Å². The maximum Gasteiger partial charge on any atom is 0.240 e. The van der Waals surface area contributed by atoms with Crippen molar-refractivity contribution in [2.24, 2.45) is 5.73 Å². The molecule has 2 rings (SSSR count). The molecule has 0 atom stereocenters. The molecule has 1 aliphatic rings. The first kappa shape index (κ1) is 13.5. The molecule has 1 aliphatic carbocycles. The van der Waals surface area contributed by atoms with Crippen LogP contribution in [0.2, 0.25) is 0 Å². The Kier molecular flexibility index (Phi) is 4.04. The Labute approximate surface area is 109 Å². The van der Waals surface area contributed by atoms with E-state index in [0.717, 1.165) is 25.7 Å². The van der Waals surface area contributed by atoms with Crippen molar-refractivity contribution in [3.63, 3.8) is 0 Å². The van der Waals surface area contributed by atoms with Crippen LogP contribution in [0.15, 0.2) is 29.2 Å². The van der Waals surface area contributed by atoms with Gasteiger partial charge >= 0.3 is 0 Å². The summed E-state index contributed by atoms with van der Waals surface area (Å²) >= 11 is 0. The number of nitrogens with one attached hydrogen (secondary N) is 1. The van der Waals surface area contributed by atoms with Crippen molar-refractivity contribution in [3.05, 3.63) is 29.8 Å². The summed E-state index contributed by atoms with van der Waals surface area (Å²) in [5.41, 5.74) is 6.81. The zero-order valence-corrected chi connectivity index (χ0v) is 11.4. The fourth-order valence-electron chi connectivity index (χ4n) is 2.17. The lowest BCUT2D eigenvalue weighted by Gasteiger charge is -2.32. The van der Waals surface area contributed by atoms with Crippen LogP contribution in [0.1, 0.15) is 31.7 Å².